The number of hydrogen-bond acceptors (Lipinski definition) is 3. The largest absolute Gasteiger partial charge is 0.444 e. The summed E-state index contributed by atoms with van der Waals surface area (Å²) < 4.78 is 5.61. The summed E-state index contributed by atoms with van der Waals surface area (Å²) in [6.45, 7) is 13.0. The normalized spacial score (nSPS) is 23.1. The molecule has 1 saturated heterocycles. The zero-order valence-corrected chi connectivity index (χ0v) is 15.3. The lowest BCUT2D eigenvalue weighted by Gasteiger charge is -2.27. The lowest BCUT2D eigenvalue weighted by Crippen LogP contribution is -2.37. The molecule has 1 aromatic heterocycles. The summed E-state index contributed by atoms with van der Waals surface area (Å²) in [5.74, 6) is 2.06. The van der Waals surface area contributed by atoms with Gasteiger partial charge in [0.05, 0.1) is 6.04 Å². The summed E-state index contributed by atoms with van der Waals surface area (Å²) in [6, 6.07) is -0.00685. The van der Waals surface area contributed by atoms with Crippen LogP contribution in [-0.2, 0) is 4.74 Å². The molecule has 1 fully saturated rings. The third-order valence-electron chi connectivity index (χ3n) is 4.49. The van der Waals surface area contributed by atoms with Gasteiger partial charge in [0, 0.05) is 18.4 Å². The molecule has 130 valence electrons. The lowest BCUT2D eigenvalue weighted by molar-refractivity contribution is 0.0212. The molecule has 0 aliphatic carbocycles. The Morgan fingerprint density at radius 3 is 2.74 bits per heavy atom. The van der Waals surface area contributed by atoms with E-state index in [1.54, 1.807) is 0 Å². The topological polar surface area (TPSA) is 58.2 Å². The average molecular weight is 321 g/mol. The van der Waals surface area contributed by atoms with Gasteiger partial charge in [-0.3, -0.25) is 4.90 Å². The maximum absolute atomic E-state index is 12.6. The number of likely N-dealkylation sites (tertiary alicyclic amines) is 1. The third-order valence-corrected chi connectivity index (χ3v) is 4.49. The molecule has 3 unspecified atom stereocenters. The van der Waals surface area contributed by atoms with Crippen molar-refractivity contribution in [3.63, 3.8) is 0 Å². The SMILES string of the molecule is CCC(C)CC1CC(c2ncc(C)[nH]2)N(C(=O)OC(C)(C)C)C1. The van der Waals surface area contributed by atoms with Gasteiger partial charge in [0.25, 0.3) is 0 Å². The van der Waals surface area contributed by atoms with Crippen molar-refractivity contribution in [3.8, 4) is 0 Å². The van der Waals surface area contributed by atoms with E-state index in [1.165, 1.54) is 6.42 Å². The number of hydrogen-bond donors (Lipinski definition) is 1. The second-order valence-electron chi connectivity index (χ2n) is 7.95. The number of imidazole rings is 1. The quantitative estimate of drug-likeness (QED) is 0.891. The van der Waals surface area contributed by atoms with E-state index in [9.17, 15) is 4.79 Å². The summed E-state index contributed by atoms with van der Waals surface area (Å²) >= 11 is 0. The van der Waals surface area contributed by atoms with Crippen molar-refractivity contribution in [1.29, 1.82) is 0 Å². The Bertz CT molecular complexity index is 533. The van der Waals surface area contributed by atoms with E-state index < -0.39 is 5.60 Å². The standard InChI is InChI=1S/C18H31N3O2/c1-7-12(2)8-14-9-15(16-19-10-13(3)20-16)21(11-14)17(22)23-18(4,5)6/h10,12,14-15H,7-9,11H2,1-6H3,(H,19,20). The van der Waals surface area contributed by atoms with Crippen LogP contribution in [0.5, 0.6) is 0 Å². The Labute approximate surface area is 139 Å². The highest BCUT2D eigenvalue weighted by atomic mass is 16.6. The van der Waals surface area contributed by atoms with Gasteiger partial charge in [0.1, 0.15) is 11.4 Å². The Morgan fingerprint density at radius 1 is 1.52 bits per heavy atom. The second kappa shape index (κ2) is 6.93. The summed E-state index contributed by atoms with van der Waals surface area (Å²) in [4.78, 5) is 22.2. The van der Waals surface area contributed by atoms with E-state index in [0.717, 1.165) is 30.9 Å². The number of nitrogens with zero attached hydrogens (tertiary/aromatic N) is 2. The maximum Gasteiger partial charge on any atom is 0.410 e. The van der Waals surface area contributed by atoms with Gasteiger partial charge in [-0.25, -0.2) is 9.78 Å². The van der Waals surface area contributed by atoms with Crippen molar-refractivity contribution in [2.24, 2.45) is 11.8 Å². The number of aromatic amines is 1. The van der Waals surface area contributed by atoms with Crippen LogP contribution in [0.4, 0.5) is 4.79 Å². The molecule has 1 aliphatic rings. The van der Waals surface area contributed by atoms with Gasteiger partial charge in [0.15, 0.2) is 0 Å². The van der Waals surface area contributed by atoms with E-state index >= 15 is 0 Å². The number of ether oxygens (including phenoxy) is 1. The highest BCUT2D eigenvalue weighted by Crippen LogP contribution is 2.38. The van der Waals surface area contributed by atoms with Crippen molar-refractivity contribution < 1.29 is 9.53 Å². The molecule has 2 rings (SSSR count). The second-order valence-corrected chi connectivity index (χ2v) is 7.95. The minimum atomic E-state index is -0.477. The maximum atomic E-state index is 12.6. The number of carbonyl (C=O) groups excluding carboxylic acids is 1. The Balaban J connectivity index is 2.16. The van der Waals surface area contributed by atoms with Crippen molar-refractivity contribution >= 4 is 6.09 Å². The van der Waals surface area contributed by atoms with Crippen molar-refractivity contribution in [2.45, 2.75) is 72.4 Å². The van der Waals surface area contributed by atoms with Gasteiger partial charge >= 0.3 is 6.09 Å². The molecule has 2 heterocycles. The molecular weight excluding hydrogens is 290 g/mol. The van der Waals surface area contributed by atoms with Gasteiger partial charge in [-0.15, -0.1) is 0 Å². The van der Waals surface area contributed by atoms with E-state index in [4.69, 9.17) is 4.74 Å². The minimum Gasteiger partial charge on any atom is -0.444 e. The van der Waals surface area contributed by atoms with Crippen molar-refractivity contribution in [3.05, 3.63) is 17.7 Å². The van der Waals surface area contributed by atoms with E-state index in [1.807, 2.05) is 38.8 Å². The lowest BCUT2D eigenvalue weighted by atomic mass is 9.92. The number of H-pyrrole nitrogens is 1. The molecule has 5 heteroatoms. The van der Waals surface area contributed by atoms with Crippen LogP contribution in [0.15, 0.2) is 6.20 Å². The molecule has 1 aliphatic heterocycles. The summed E-state index contributed by atoms with van der Waals surface area (Å²) in [5, 5.41) is 0. The zero-order chi connectivity index (χ0) is 17.2. The fourth-order valence-electron chi connectivity index (χ4n) is 3.21. The molecule has 1 N–H and O–H groups in total. The van der Waals surface area contributed by atoms with E-state index in [0.29, 0.717) is 11.8 Å². The van der Waals surface area contributed by atoms with E-state index in [-0.39, 0.29) is 12.1 Å². The van der Waals surface area contributed by atoms with Crippen LogP contribution in [0.25, 0.3) is 0 Å². The smallest absolute Gasteiger partial charge is 0.410 e. The van der Waals surface area contributed by atoms with Crippen LogP contribution < -0.4 is 0 Å². The molecule has 0 radical (unpaired) electrons. The first-order valence-electron chi connectivity index (χ1n) is 8.70. The molecule has 0 bridgehead atoms. The highest BCUT2D eigenvalue weighted by Gasteiger charge is 2.39. The minimum absolute atomic E-state index is 0.00685. The zero-order valence-electron chi connectivity index (χ0n) is 15.3. The fourth-order valence-corrected chi connectivity index (χ4v) is 3.21. The third kappa shape index (κ3) is 4.72. The van der Waals surface area contributed by atoms with Gasteiger partial charge in [0.2, 0.25) is 0 Å². The van der Waals surface area contributed by atoms with Crippen molar-refractivity contribution in [1.82, 2.24) is 14.9 Å². The van der Waals surface area contributed by atoms with Crippen LogP contribution in [-0.4, -0.2) is 33.1 Å². The molecule has 5 nitrogen and oxygen atoms in total. The molecule has 1 aromatic rings. The van der Waals surface area contributed by atoms with Gasteiger partial charge in [-0.05, 0) is 52.4 Å². The predicted molar refractivity (Wildman–Crippen MR) is 91.2 cm³/mol. The number of aryl methyl sites for hydroxylation is 1. The number of nitrogens with one attached hydrogen (secondary N) is 1. The first kappa shape index (κ1) is 17.8. The van der Waals surface area contributed by atoms with E-state index in [2.05, 4.69) is 23.8 Å². The molecule has 0 spiro atoms. The number of carbonyl (C=O) groups is 1. The predicted octanol–water partition coefficient (Wildman–Crippen LogP) is 4.45. The van der Waals surface area contributed by atoms with Gasteiger partial charge in [-0.2, -0.15) is 0 Å². The highest BCUT2D eigenvalue weighted by molar-refractivity contribution is 5.69. The van der Waals surface area contributed by atoms with Gasteiger partial charge < -0.3 is 9.72 Å². The summed E-state index contributed by atoms with van der Waals surface area (Å²) in [5.41, 5.74) is 0.546. The Kier molecular flexibility index (Phi) is 5.37. The van der Waals surface area contributed by atoms with Crippen LogP contribution in [0.3, 0.4) is 0 Å². The Hall–Kier alpha value is -1.52. The number of rotatable bonds is 4. The molecule has 23 heavy (non-hydrogen) atoms. The first-order valence-corrected chi connectivity index (χ1v) is 8.70. The molecule has 3 atom stereocenters. The summed E-state index contributed by atoms with van der Waals surface area (Å²) in [7, 11) is 0. The Morgan fingerprint density at radius 2 is 2.22 bits per heavy atom. The summed E-state index contributed by atoms with van der Waals surface area (Å²) in [6.07, 6.45) is 4.86. The van der Waals surface area contributed by atoms with Crippen LogP contribution in [0.2, 0.25) is 0 Å². The molecular formula is C18H31N3O2. The monoisotopic (exact) mass is 321 g/mol. The first-order chi connectivity index (χ1) is 10.7. The fraction of sp³-hybridized carbons (Fsp3) is 0.778. The molecule has 0 aromatic carbocycles. The van der Waals surface area contributed by atoms with Gasteiger partial charge in [-0.1, -0.05) is 20.3 Å². The number of amides is 1. The molecule has 0 saturated carbocycles. The van der Waals surface area contributed by atoms with Crippen molar-refractivity contribution in [2.75, 3.05) is 6.54 Å². The average Bonchev–Trinajstić information content (AvgIpc) is 3.03. The molecule has 1 amide bonds. The van der Waals surface area contributed by atoms with Crippen LogP contribution in [0.1, 0.15) is 71.4 Å². The number of aromatic nitrogens is 2. The van der Waals surface area contributed by atoms with Crippen LogP contribution >= 0.6 is 0 Å². The van der Waals surface area contributed by atoms with Crippen LogP contribution in [0, 0.1) is 18.8 Å².